The van der Waals surface area contributed by atoms with Crippen molar-refractivity contribution in [3.8, 4) is 0 Å². The molecule has 1 saturated heterocycles. The lowest BCUT2D eigenvalue weighted by molar-refractivity contribution is 0.140. The standard InChI is InChI=1S/C12H25N/c1-10-6-8-13(12(3,4)5)9-7-11(10)2/h10-11H,6-9H2,1-5H3. The number of likely N-dealkylation sites (tertiary alicyclic amines) is 1. The molecule has 0 spiro atoms. The third kappa shape index (κ3) is 2.98. The van der Waals surface area contributed by atoms with E-state index in [4.69, 9.17) is 0 Å². The third-order valence-corrected chi connectivity index (χ3v) is 3.63. The normalized spacial score (nSPS) is 33.0. The first-order valence-corrected chi connectivity index (χ1v) is 5.66. The van der Waals surface area contributed by atoms with E-state index in [2.05, 4.69) is 39.5 Å². The predicted molar refractivity (Wildman–Crippen MR) is 58.9 cm³/mol. The van der Waals surface area contributed by atoms with E-state index in [9.17, 15) is 0 Å². The molecule has 0 aromatic rings. The second-order valence-corrected chi connectivity index (χ2v) is 5.69. The smallest absolute Gasteiger partial charge is 0.0125 e. The zero-order chi connectivity index (χ0) is 10.1. The van der Waals surface area contributed by atoms with Gasteiger partial charge in [0.25, 0.3) is 0 Å². The molecule has 0 aromatic heterocycles. The van der Waals surface area contributed by atoms with Crippen LogP contribution < -0.4 is 0 Å². The van der Waals surface area contributed by atoms with Crippen LogP contribution in [0.1, 0.15) is 47.5 Å². The predicted octanol–water partition coefficient (Wildman–Crippen LogP) is 3.15. The van der Waals surface area contributed by atoms with Crippen LogP contribution in [0.3, 0.4) is 0 Å². The molecule has 2 unspecified atom stereocenters. The Labute approximate surface area is 83.5 Å². The van der Waals surface area contributed by atoms with Crippen molar-refractivity contribution in [3.05, 3.63) is 0 Å². The fourth-order valence-electron chi connectivity index (χ4n) is 2.07. The Balaban J connectivity index is 2.54. The molecule has 0 bridgehead atoms. The minimum atomic E-state index is 0.365. The maximum atomic E-state index is 2.63. The van der Waals surface area contributed by atoms with Crippen molar-refractivity contribution >= 4 is 0 Å². The Kier molecular flexibility index (Phi) is 3.39. The molecule has 0 aliphatic carbocycles. The van der Waals surface area contributed by atoms with Gasteiger partial charge in [0.05, 0.1) is 0 Å². The molecule has 0 saturated carbocycles. The van der Waals surface area contributed by atoms with Crippen LogP contribution in [0.15, 0.2) is 0 Å². The zero-order valence-electron chi connectivity index (χ0n) is 9.93. The van der Waals surface area contributed by atoms with Gasteiger partial charge in [0.15, 0.2) is 0 Å². The van der Waals surface area contributed by atoms with Crippen LogP contribution in [0, 0.1) is 11.8 Å². The van der Waals surface area contributed by atoms with Gasteiger partial charge < -0.3 is 0 Å². The van der Waals surface area contributed by atoms with Crippen molar-refractivity contribution in [3.63, 3.8) is 0 Å². The third-order valence-electron chi connectivity index (χ3n) is 3.63. The highest BCUT2D eigenvalue weighted by atomic mass is 15.2. The number of hydrogen-bond donors (Lipinski definition) is 0. The van der Waals surface area contributed by atoms with E-state index in [1.165, 1.54) is 25.9 Å². The van der Waals surface area contributed by atoms with Gasteiger partial charge in [0.2, 0.25) is 0 Å². The van der Waals surface area contributed by atoms with E-state index in [0.29, 0.717) is 5.54 Å². The van der Waals surface area contributed by atoms with Gasteiger partial charge in [-0.2, -0.15) is 0 Å². The second kappa shape index (κ2) is 4.00. The van der Waals surface area contributed by atoms with Crippen molar-refractivity contribution in [2.45, 2.75) is 53.0 Å². The highest BCUT2D eigenvalue weighted by Gasteiger charge is 2.26. The van der Waals surface area contributed by atoms with Crippen LogP contribution in [-0.2, 0) is 0 Å². The first-order chi connectivity index (χ1) is 5.91. The zero-order valence-corrected chi connectivity index (χ0v) is 9.93. The van der Waals surface area contributed by atoms with Crippen molar-refractivity contribution in [2.75, 3.05) is 13.1 Å². The Bertz CT molecular complexity index is 145. The summed E-state index contributed by atoms with van der Waals surface area (Å²) in [5.41, 5.74) is 0.365. The van der Waals surface area contributed by atoms with E-state index in [1.807, 2.05) is 0 Å². The lowest BCUT2D eigenvalue weighted by Gasteiger charge is -2.34. The second-order valence-electron chi connectivity index (χ2n) is 5.69. The lowest BCUT2D eigenvalue weighted by atomic mass is 9.92. The molecule has 0 aromatic carbocycles. The van der Waals surface area contributed by atoms with Crippen molar-refractivity contribution in [2.24, 2.45) is 11.8 Å². The summed E-state index contributed by atoms with van der Waals surface area (Å²) < 4.78 is 0. The van der Waals surface area contributed by atoms with Crippen molar-refractivity contribution < 1.29 is 0 Å². The summed E-state index contributed by atoms with van der Waals surface area (Å²) in [7, 11) is 0. The van der Waals surface area contributed by atoms with E-state index < -0.39 is 0 Å². The first kappa shape index (κ1) is 11.0. The molecule has 1 nitrogen and oxygen atoms in total. The van der Waals surface area contributed by atoms with Crippen LogP contribution in [0.25, 0.3) is 0 Å². The van der Waals surface area contributed by atoms with Crippen LogP contribution in [0.2, 0.25) is 0 Å². The molecule has 78 valence electrons. The van der Waals surface area contributed by atoms with E-state index >= 15 is 0 Å². The molecule has 13 heavy (non-hydrogen) atoms. The Hall–Kier alpha value is -0.0400. The van der Waals surface area contributed by atoms with Gasteiger partial charge in [-0.25, -0.2) is 0 Å². The maximum Gasteiger partial charge on any atom is 0.0125 e. The Morgan fingerprint density at radius 2 is 1.31 bits per heavy atom. The molecule has 1 rings (SSSR count). The average molecular weight is 183 g/mol. The monoisotopic (exact) mass is 183 g/mol. The summed E-state index contributed by atoms with van der Waals surface area (Å²) in [5, 5.41) is 0. The topological polar surface area (TPSA) is 3.24 Å². The first-order valence-electron chi connectivity index (χ1n) is 5.66. The average Bonchev–Trinajstić information content (AvgIpc) is 2.14. The molecule has 1 aliphatic heterocycles. The molecule has 1 heterocycles. The molecule has 2 atom stereocenters. The molecular formula is C12H25N. The molecule has 1 fully saturated rings. The Morgan fingerprint density at radius 3 is 1.62 bits per heavy atom. The summed E-state index contributed by atoms with van der Waals surface area (Å²) in [6, 6.07) is 0. The summed E-state index contributed by atoms with van der Waals surface area (Å²) in [4.78, 5) is 2.63. The van der Waals surface area contributed by atoms with Gasteiger partial charge >= 0.3 is 0 Å². The molecule has 0 N–H and O–H groups in total. The summed E-state index contributed by atoms with van der Waals surface area (Å²) in [6.07, 6.45) is 2.75. The van der Waals surface area contributed by atoms with Gasteiger partial charge in [0.1, 0.15) is 0 Å². The quantitative estimate of drug-likeness (QED) is 0.557. The highest BCUT2D eigenvalue weighted by Crippen LogP contribution is 2.26. The minimum Gasteiger partial charge on any atom is -0.298 e. The minimum absolute atomic E-state index is 0.365. The van der Waals surface area contributed by atoms with Gasteiger partial charge in [0, 0.05) is 5.54 Å². The SMILES string of the molecule is CC1CCN(C(C)(C)C)CCC1C. The fourth-order valence-corrected chi connectivity index (χ4v) is 2.07. The van der Waals surface area contributed by atoms with E-state index in [1.54, 1.807) is 0 Å². The maximum absolute atomic E-state index is 2.63. The van der Waals surface area contributed by atoms with Crippen LogP contribution in [0.4, 0.5) is 0 Å². The summed E-state index contributed by atoms with van der Waals surface area (Å²) in [5.74, 6) is 1.82. The molecule has 0 radical (unpaired) electrons. The lowest BCUT2D eigenvalue weighted by Crippen LogP contribution is -2.41. The summed E-state index contributed by atoms with van der Waals surface area (Å²) in [6.45, 7) is 14.4. The number of nitrogens with zero attached hydrogens (tertiary/aromatic N) is 1. The molecule has 1 heteroatoms. The van der Waals surface area contributed by atoms with E-state index in [0.717, 1.165) is 11.8 Å². The molecule has 1 aliphatic rings. The Morgan fingerprint density at radius 1 is 0.923 bits per heavy atom. The molecule has 0 amide bonds. The largest absolute Gasteiger partial charge is 0.298 e. The fraction of sp³-hybridized carbons (Fsp3) is 1.00. The van der Waals surface area contributed by atoms with Crippen molar-refractivity contribution in [1.82, 2.24) is 4.90 Å². The number of hydrogen-bond acceptors (Lipinski definition) is 1. The van der Waals surface area contributed by atoms with E-state index in [-0.39, 0.29) is 0 Å². The van der Waals surface area contributed by atoms with Gasteiger partial charge in [-0.15, -0.1) is 0 Å². The summed E-state index contributed by atoms with van der Waals surface area (Å²) >= 11 is 0. The van der Waals surface area contributed by atoms with Gasteiger partial charge in [-0.3, -0.25) is 4.90 Å². The van der Waals surface area contributed by atoms with Crippen LogP contribution in [0.5, 0.6) is 0 Å². The number of rotatable bonds is 0. The van der Waals surface area contributed by atoms with Crippen LogP contribution in [-0.4, -0.2) is 23.5 Å². The molecular weight excluding hydrogens is 158 g/mol. The van der Waals surface area contributed by atoms with Crippen LogP contribution >= 0.6 is 0 Å². The van der Waals surface area contributed by atoms with Gasteiger partial charge in [-0.1, -0.05) is 13.8 Å². The van der Waals surface area contributed by atoms with Crippen molar-refractivity contribution in [1.29, 1.82) is 0 Å². The van der Waals surface area contributed by atoms with Gasteiger partial charge in [-0.05, 0) is 58.5 Å². The highest BCUT2D eigenvalue weighted by molar-refractivity contribution is 4.80.